The third-order valence-corrected chi connectivity index (χ3v) is 1.54. The molecule has 12 heavy (non-hydrogen) atoms. The van der Waals surface area contributed by atoms with E-state index in [1.54, 1.807) is 6.92 Å². The highest BCUT2D eigenvalue weighted by Crippen LogP contribution is 2.16. The number of hydrogen-bond donors (Lipinski definition) is 2. The van der Waals surface area contributed by atoms with Crippen LogP contribution in [0.3, 0.4) is 0 Å². The lowest BCUT2D eigenvalue weighted by Crippen LogP contribution is -1.90. The average molecular weight is 165 g/mol. The number of hydrogen-bond acceptors (Lipinski definition) is 4. The molecular formula is C7H7N3O2. The zero-order valence-electron chi connectivity index (χ0n) is 6.39. The predicted octanol–water partition coefficient (Wildman–Crippen LogP) is 0.449. The second kappa shape index (κ2) is 2.10. The van der Waals surface area contributed by atoms with Crippen LogP contribution in [-0.4, -0.2) is 24.6 Å². The highest BCUT2D eigenvalue weighted by Gasteiger charge is 2.04. The van der Waals surface area contributed by atoms with Crippen LogP contribution in [0.25, 0.3) is 5.78 Å². The Morgan fingerprint density at radius 3 is 2.83 bits per heavy atom. The number of imidazole rings is 1. The fourth-order valence-electron chi connectivity index (χ4n) is 1.05. The topological polar surface area (TPSA) is 70.7 Å². The van der Waals surface area contributed by atoms with E-state index in [2.05, 4.69) is 9.97 Å². The molecule has 0 unspecified atom stereocenters. The van der Waals surface area contributed by atoms with Crippen LogP contribution in [0.1, 0.15) is 5.69 Å². The van der Waals surface area contributed by atoms with Gasteiger partial charge in [0.1, 0.15) is 0 Å². The van der Waals surface area contributed by atoms with Crippen molar-refractivity contribution >= 4 is 5.78 Å². The molecule has 2 heterocycles. The summed E-state index contributed by atoms with van der Waals surface area (Å²) in [5.74, 6) is 0.165. The van der Waals surface area contributed by atoms with Crippen LogP contribution in [0, 0.1) is 6.92 Å². The van der Waals surface area contributed by atoms with E-state index in [1.165, 1.54) is 16.7 Å². The van der Waals surface area contributed by atoms with Crippen molar-refractivity contribution in [2.45, 2.75) is 6.92 Å². The summed E-state index contributed by atoms with van der Waals surface area (Å²) in [7, 11) is 0. The first-order chi connectivity index (χ1) is 5.66. The molecular weight excluding hydrogens is 158 g/mol. The maximum Gasteiger partial charge on any atom is 0.240 e. The molecule has 0 atom stereocenters. The van der Waals surface area contributed by atoms with Gasteiger partial charge < -0.3 is 10.2 Å². The lowest BCUT2D eigenvalue weighted by Gasteiger charge is -1.97. The van der Waals surface area contributed by atoms with Crippen molar-refractivity contribution in [1.29, 1.82) is 0 Å². The van der Waals surface area contributed by atoms with Crippen molar-refractivity contribution < 1.29 is 10.2 Å². The fraction of sp³-hybridized carbons (Fsp3) is 0.143. The Morgan fingerprint density at radius 1 is 1.33 bits per heavy atom. The standard InChI is InChI=1S/C7H7N3O2/c1-4-2-6(12)10-3-5(11)9-7(10)8-4/h2-3,11-12H,1H3. The largest absolute Gasteiger partial charge is 0.494 e. The second-order valence-corrected chi connectivity index (χ2v) is 2.52. The Hall–Kier alpha value is -1.78. The van der Waals surface area contributed by atoms with E-state index < -0.39 is 0 Å². The summed E-state index contributed by atoms with van der Waals surface area (Å²) in [5.41, 5.74) is 0.658. The van der Waals surface area contributed by atoms with E-state index in [4.69, 9.17) is 5.11 Å². The lowest BCUT2D eigenvalue weighted by molar-refractivity contribution is 0.439. The van der Waals surface area contributed by atoms with Gasteiger partial charge in [-0.15, -0.1) is 0 Å². The van der Waals surface area contributed by atoms with Gasteiger partial charge in [-0.05, 0) is 6.92 Å². The first-order valence-corrected chi connectivity index (χ1v) is 3.41. The molecule has 0 aromatic carbocycles. The van der Waals surface area contributed by atoms with Crippen LogP contribution in [0.4, 0.5) is 0 Å². The van der Waals surface area contributed by atoms with Crippen LogP contribution in [0.15, 0.2) is 12.3 Å². The van der Waals surface area contributed by atoms with Gasteiger partial charge in [0.2, 0.25) is 11.7 Å². The number of aromatic nitrogens is 3. The molecule has 2 N–H and O–H groups in total. The van der Waals surface area contributed by atoms with Gasteiger partial charge in [-0.25, -0.2) is 4.98 Å². The minimum absolute atomic E-state index is 0.0188. The van der Waals surface area contributed by atoms with Gasteiger partial charge in [0.05, 0.1) is 6.20 Å². The Balaban J connectivity index is 2.88. The van der Waals surface area contributed by atoms with Crippen LogP contribution in [0.5, 0.6) is 11.8 Å². The fourth-order valence-corrected chi connectivity index (χ4v) is 1.05. The highest BCUT2D eigenvalue weighted by molar-refractivity contribution is 5.38. The number of aryl methyl sites for hydroxylation is 1. The highest BCUT2D eigenvalue weighted by atomic mass is 16.3. The minimum Gasteiger partial charge on any atom is -0.494 e. The van der Waals surface area contributed by atoms with Crippen molar-refractivity contribution in [3.8, 4) is 11.8 Å². The van der Waals surface area contributed by atoms with Gasteiger partial charge in [-0.1, -0.05) is 0 Å². The Labute approximate surface area is 67.9 Å². The first kappa shape index (κ1) is 6.90. The summed E-state index contributed by atoms with van der Waals surface area (Å²) in [6, 6.07) is 1.49. The number of rotatable bonds is 0. The predicted molar refractivity (Wildman–Crippen MR) is 41.1 cm³/mol. The quantitative estimate of drug-likeness (QED) is 0.594. The molecule has 0 radical (unpaired) electrons. The van der Waals surface area contributed by atoms with E-state index in [0.29, 0.717) is 11.5 Å². The molecule has 0 bridgehead atoms. The molecule has 5 heteroatoms. The van der Waals surface area contributed by atoms with Crippen molar-refractivity contribution in [3.63, 3.8) is 0 Å². The zero-order chi connectivity index (χ0) is 8.72. The third kappa shape index (κ3) is 0.868. The first-order valence-electron chi connectivity index (χ1n) is 3.41. The maximum atomic E-state index is 9.34. The van der Waals surface area contributed by atoms with Gasteiger partial charge >= 0.3 is 0 Å². The molecule has 0 aliphatic heterocycles. The summed E-state index contributed by atoms with van der Waals surface area (Å²) in [6.07, 6.45) is 1.30. The number of aromatic hydroxyl groups is 2. The molecule has 0 amide bonds. The van der Waals surface area contributed by atoms with Crippen molar-refractivity contribution in [2.24, 2.45) is 0 Å². The van der Waals surface area contributed by atoms with Crippen molar-refractivity contribution in [1.82, 2.24) is 14.4 Å². The molecule has 2 aromatic rings. The third-order valence-electron chi connectivity index (χ3n) is 1.54. The van der Waals surface area contributed by atoms with E-state index in [-0.39, 0.29) is 11.8 Å². The van der Waals surface area contributed by atoms with Crippen LogP contribution >= 0.6 is 0 Å². The summed E-state index contributed by atoms with van der Waals surface area (Å²) in [6.45, 7) is 1.74. The van der Waals surface area contributed by atoms with E-state index in [1.807, 2.05) is 0 Å². The zero-order valence-corrected chi connectivity index (χ0v) is 6.39. The van der Waals surface area contributed by atoms with E-state index >= 15 is 0 Å². The van der Waals surface area contributed by atoms with Gasteiger partial charge in [-0.2, -0.15) is 4.98 Å². The molecule has 0 aliphatic carbocycles. The van der Waals surface area contributed by atoms with Gasteiger partial charge in [0, 0.05) is 11.8 Å². The van der Waals surface area contributed by atoms with Crippen molar-refractivity contribution in [3.05, 3.63) is 18.0 Å². The maximum absolute atomic E-state index is 9.34. The summed E-state index contributed by atoms with van der Waals surface area (Å²) < 4.78 is 1.31. The smallest absolute Gasteiger partial charge is 0.240 e. The van der Waals surface area contributed by atoms with Crippen molar-refractivity contribution in [2.75, 3.05) is 0 Å². The summed E-state index contributed by atoms with van der Waals surface area (Å²) in [4.78, 5) is 7.67. The molecule has 2 rings (SSSR count). The number of nitrogens with zero attached hydrogens (tertiary/aromatic N) is 3. The lowest BCUT2D eigenvalue weighted by atomic mass is 10.4. The molecule has 0 saturated carbocycles. The molecule has 0 fully saturated rings. The van der Waals surface area contributed by atoms with E-state index in [9.17, 15) is 5.11 Å². The SMILES string of the molecule is Cc1cc(O)n2cc(O)nc2n1. The van der Waals surface area contributed by atoms with Gasteiger partial charge in [-0.3, -0.25) is 4.40 Å². The molecule has 0 saturated heterocycles. The molecule has 5 nitrogen and oxygen atoms in total. The summed E-state index contributed by atoms with van der Waals surface area (Å²) in [5, 5.41) is 18.3. The van der Waals surface area contributed by atoms with Crippen LogP contribution < -0.4 is 0 Å². The Kier molecular flexibility index (Phi) is 1.21. The molecule has 2 aromatic heterocycles. The minimum atomic E-state index is -0.150. The molecule has 0 aliphatic rings. The number of fused-ring (bicyclic) bond motifs is 1. The van der Waals surface area contributed by atoms with Gasteiger partial charge in [0.25, 0.3) is 0 Å². The van der Waals surface area contributed by atoms with Crippen LogP contribution in [-0.2, 0) is 0 Å². The van der Waals surface area contributed by atoms with Crippen LogP contribution in [0.2, 0.25) is 0 Å². The normalized spacial score (nSPS) is 10.8. The Bertz CT molecular complexity index is 435. The second-order valence-electron chi connectivity index (χ2n) is 2.52. The Morgan fingerprint density at radius 2 is 2.08 bits per heavy atom. The molecule has 0 spiro atoms. The van der Waals surface area contributed by atoms with E-state index in [0.717, 1.165) is 0 Å². The monoisotopic (exact) mass is 165 g/mol. The average Bonchev–Trinajstić information content (AvgIpc) is 2.29. The molecule has 62 valence electrons. The summed E-state index contributed by atoms with van der Waals surface area (Å²) >= 11 is 0. The van der Waals surface area contributed by atoms with Gasteiger partial charge in [0.15, 0.2) is 5.88 Å².